The van der Waals surface area contributed by atoms with Gasteiger partial charge in [0.25, 0.3) is 0 Å². The van der Waals surface area contributed by atoms with Crippen molar-refractivity contribution in [2.75, 3.05) is 18.1 Å². The molecule has 0 saturated heterocycles. The molecule has 0 radical (unpaired) electrons. The van der Waals surface area contributed by atoms with Gasteiger partial charge >= 0.3 is 0 Å². The topological polar surface area (TPSA) is 20.2 Å². The average Bonchev–Trinajstić information content (AvgIpc) is 2.29. The molecule has 0 aliphatic heterocycles. The average molecular weight is 224 g/mol. The zero-order chi connectivity index (χ0) is 10.9. The largest absolute Gasteiger partial charge is 0.396 e. The Balaban J connectivity index is 2.33. The van der Waals surface area contributed by atoms with Crippen LogP contribution in [0.1, 0.15) is 18.9 Å². The number of aliphatic hydroxyl groups is 1. The van der Waals surface area contributed by atoms with E-state index in [1.807, 2.05) is 17.8 Å². The Morgan fingerprint density at radius 1 is 1.27 bits per heavy atom. The molecular weight excluding hydrogens is 204 g/mol. The van der Waals surface area contributed by atoms with Crippen LogP contribution in [0.25, 0.3) is 0 Å². The van der Waals surface area contributed by atoms with E-state index < -0.39 is 0 Å². The lowest BCUT2D eigenvalue weighted by Gasteiger charge is -2.13. The molecule has 0 spiro atoms. The van der Waals surface area contributed by atoms with Crippen LogP contribution in [-0.4, -0.2) is 23.2 Å². The minimum atomic E-state index is 0.305. The van der Waals surface area contributed by atoms with Gasteiger partial charge in [-0.15, -0.1) is 0 Å². The van der Waals surface area contributed by atoms with E-state index in [0.29, 0.717) is 12.5 Å². The summed E-state index contributed by atoms with van der Waals surface area (Å²) in [4.78, 5) is 0. The van der Waals surface area contributed by atoms with Crippen LogP contribution < -0.4 is 0 Å². The van der Waals surface area contributed by atoms with Gasteiger partial charge in [-0.1, -0.05) is 37.3 Å². The van der Waals surface area contributed by atoms with Gasteiger partial charge in [-0.3, -0.25) is 0 Å². The summed E-state index contributed by atoms with van der Waals surface area (Å²) in [5, 5.41) is 9.28. The van der Waals surface area contributed by atoms with Crippen molar-refractivity contribution in [3.05, 3.63) is 35.9 Å². The summed E-state index contributed by atoms with van der Waals surface area (Å²) in [5.74, 6) is 2.75. The second-order valence-corrected chi connectivity index (χ2v) is 5.12. The molecule has 0 saturated carbocycles. The maximum atomic E-state index is 9.28. The fourth-order valence-corrected chi connectivity index (χ4v) is 2.39. The van der Waals surface area contributed by atoms with Crippen molar-refractivity contribution in [1.82, 2.24) is 0 Å². The Labute approximate surface area is 96.9 Å². The Morgan fingerprint density at radius 2 is 2.00 bits per heavy atom. The summed E-state index contributed by atoms with van der Waals surface area (Å²) in [6.45, 7) is 2.48. The highest BCUT2D eigenvalue weighted by Gasteiger charge is 2.07. The quantitative estimate of drug-likeness (QED) is 0.719. The first-order valence-electron chi connectivity index (χ1n) is 5.59. The second-order valence-electron chi connectivity index (χ2n) is 3.72. The third kappa shape index (κ3) is 5.24. The van der Waals surface area contributed by atoms with Crippen LogP contribution in [0.4, 0.5) is 0 Å². The zero-order valence-corrected chi connectivity index (χ0v) is 10.2. The Bertz CT molecular complexity index is 248. The maximum absolute atomic E-state index is 9.28. The van der Waals surface area contributed by atoms with E-state index in [-0.39, 0.29) is 0 Å². The third-order valence-electron chi connectivity index (χ3n) is 2.50. The van der Waals surface area contributed by atoms with Gasteiger partial charge in [-0.05, 0) is 35.8 Å². The van der Waals surface area contributed by atoms with Crippen molar-refractivity contribution >= 4 is 11.8 Å². The van der Waals surface area contributed by atoms with Crippen LogP contribution in [0, 0.1) is 5.92 Å². The Morgan fingerprint density at radius 3 is 2.60 bits per heavy atom. The minimum Gasteiger partial charge on any atom is -0.396 e. The predicted molar refractivity (Wildman–Crippen MR) is 68.3 cm³/mol. The minimum absolute atomic E-state index is 0.305. The van der Waals surface area contributed by atoms with Gasteiger partial charge in [0.1, 0.15) is 0 Å². The standard InChI is InChI=1S/C13H20OS/c1-2-15-9-8-13(11-14)10-12-6-4-3-5-7-12/h3-7,13-14H,2,8-11H2,1H3. The lowest BCUT2D eigenvalue weighted by Crippen LogP contribution is -2.10. The number of aliphatic hydroxyl groups excluding tert-OH is 1. The molecule has 1 aromatic rings. The fourth-order valence-electron chi connectivity index (χ4n) is 1.60. The van der Waals surface area contributed by atoms with Crippen molar-refractivity contribution in [3.63, 3.8) is 0 Å². The molecule has 1 rings (SSSR count). The van der Waals surface area contributed by atoms with Crippen molar-refractivity contribution < 1.29 is 5.11 Å². The second kappa shape index (κ2) is 7.77. The number of rotatable bonds is 7. The lowest BCUT2D eigenvalue weighted by atomic mass is 9.98. The van der Waals surface area contributed by atoms with Gasteiger partial charge in [0.15, 0.2) is 0 Å². The third-order valence-corrected chi connectivity index (χ3v) is 3.43. The zero-order valence-electron chi connectivity index (χ0n) is 9.36. The molecular formula is C13H20OS. The highest BCUT2D eigenvalue weighted by atomic mass is 32.2. The van der Waals surface area contributed by atoms with Crippen LogP contribution in [0.3, 0.4) is 0 Å². The van der Waals surface area contributed by atoms with E-state index in [1.165, 1.54) is 11.3 Å². The molecule has 1 unspecified atom stereocenters. The van der Waals surface area contributed by atoms with Gasteiger partial charge < -0.3 is 5.11 Å². The molecule has 0 aliphatic rings. The summed E-state index contributed by atoms with van der Waals surface area (Å²) in [6.07, 6.45) is 2.12. The van der Waals surface area contributed by atoms with E-state index in [4.69, 9.17) is 0 Å². The number of benzene rings is 1. The van der Waals surface area contributed by atoms with E-state index in [9.17, 15) is 5.11 Å². The molecule has 2 heteroatoms. The molecule has 84 valence electrons. The first kappa shape index (κ1) is 12.6. The number of hydrogen-bond acceptors (Lipinski definition) is 2. The van der Waals surface area contributed by atoms with Crippen LogP contribution in [-0.2, 0) is 6.42 Å². The molecule has 1 nitrogen and oxygen atoms in total. The summed E-state index contributed by atoms with van der Waals surface area (Å²) < 4.78 is 0. The molecule has 0 aromatic heterocycles. The first-order valence-corrected chi connectivity index (χ1v) is 6.74. The molecule has 15 heavy (non-hydrogen) atoms. The first-order chi connectivity index (χ1) is 7.36. The van der Waals surface area contributed by atoms with E-state index in [1.54, 1.807) is 0 Å². The van der Waals surface area contributed by atoms with E-state index in [2.05, 4.69) is 31.2 Å². The molecule has 0 bridgehead atoms. The maximum Gasteiger partial charge on any atom is 0.0462 e. The van der Waals surface area contributed by atoms with Crippen LogP contribution in [0.15, 0.2) is 30.3 Å². The monoisotopic (exact) mass is 224 g/mol. The van der Waals surface area contributed by atoms with Crippen molar-refractivity contribution in [2.45, 2.75) is 19.8 Å². The fraction of sp³-hybridized carbons (Fsp3) is 0.538. The predicted octanol–water partition coefficient (Wildman–Crippen LogP) is 2.98. The lowest BCUT2D eigenvalue weighted by molar-refractivity contribution is 0.223. The number of thioether (sulfide) groups is 1. The van der Waals surface area contributed by atoms with Gasteiger partial charge in [0.05, 0.1) is 0 Å². The van der Waals surface area contributed by atoms with E-state index in [0.717, 1.165) is 18.6 Å². The van der Waals surface area contributed by atoms with Crippen molar-refractivity contribution in [3.8, 4) is 0 Å². The van der Waals surface area contributed by atoms with Gasteiger partial charge in [-0.25, -0.2) is 0 Å². The van der Waals surface area contributed by atoms with Gasteiger partial charge in [0.2, 0.25) is 0 Å². The molecule has 0 amide bonds. The van der Waals surface area contributed by atoms with Crippen LogP contribution in [0.5, 0.6) is 0 Å². The Kier molecular flexibility index (Phi) is 6.53. The smallest absolute Gasteiger partial charge is 0.0462 e. The molecule has 0 heterocycles. The molecule has 1 atom stereocenters. The molecule has 1 aromatic carbocycles. The highest BCUT2D eigenvalue weighted by Crippen LogP contribution is 2.14. The van der Waals surface area contributed by atoms with E-state index >= 15 is 0 Å². The van der Waals surface area contributed by atoms with Crippen LogP contribution in [0.2, 0.25) is 0 Å². The molecule has 0 aliphatic carbocycles. The molecule has 0 fully saturated rings. The van der Waals surface area contributed by atoms with Crippen molar-refractivity contribution in [2.24, 2.45) is 5.92 Å². The highest BCUT2D eigenvalue weighted by molar-refractivity contribution is 7.99. The van der Waals surface area contributed by atoms with Crippen molar-refractivity contribution in [1.29, 1.82) is 0 Å². The van der Waals surface area contributed by atoms with Gasteiger partial charge in [0, 0.05) is 6.61 Å². The normalized spacial score (nSPS) is 12.7. The van der Waals surface area contributed by atoms with Crippen LogP contribution >= 0.6 is 11.8 Å². The van der Waals surface area contributed by atoms with Gasteiger partial charge in [-0.2, -0.15) is 11.8 Å². The summed E-state index contributed by atoms with van der Waals surface area (Å²) >= 11 is 1.95. The Hall–Kier alpha value is -0.470. The summed E-state index contributed by atoms with van der Waals surface area (Å²) in [5.41, 5.74) is 1.33. The number of hydrogen-bond donors (Lipinski definition) is 1. The summed E-state index contributed by atoms with van der Waals surface area (Å²) in [7, 11) is 0. The summed E-state index contributed by atoms with van der Waals surface area (Å²) in [6, 6.07) is 10.4. The SMILES string of the molecule is CCSCCC(CO)Cc1ccccc1. The molecule has 1 N–H and O–H groups in total.